The minimum absolute atomic E-state index is 0.172. The van der Waals surface area contributed by atoms with Crippen LogP contribution in [0.15, 0.2) is 24.3 Å². The normalized spacial score (nSPS) is 12.4. The molecule has 0 heterocycles. The summed E-state index contributed by atoms with van der Waals surface area (Å²) in [6.07, 6.45) is 0. The Kier molecular flexibility index (Phi) is 4.51. The van der Waals surface area contributed by atoms with Gasteiger partial charge >= 0.3 is 0 Å². The maximum absolute atomic E-state index is 11.2. The van der Waals surface area contributed by atoms with Gasteiger partial charge in [-0.2, -0.15) is 0 Å². The van der Waals surface area contributed by atoms with Crippen molar-refractivity contribution < 1.29 is 4.79 Å². The second-order valence-electron chi connectivity index (χ2n) is 6.53. The zero-order valence-electron chi connectivity index (χ0n) is 12.1. The van der Waals surface area contributed by atoms with Crippen molar-refractivity contribution >= 4 is 39.9 Å². The van der Waals surface area contributed by atoms with Crippen molar-refractivity contribution in [3.63, 3.8) is 0 Å². The fraction of sp³-hybridized carbons (Fsp3) is 0.462. The van der Waals surface area contributed by atoms with Crippen molar-refractivity contribution in [3.8, 4) is 0 Å². The van der Waals surface area contributed by atoms with Crippen molar-refractivity contribution in [1.82, 2.24) is 0 Å². The molecule has 0 radical (unpaired) electrons. The fourth-order valence-corrected chi connectivity index (χ4v) is 12.6. The Morgan fingerprint density at radius 2 is 1.33 bits per heavy atom. The van der Waals surface area contributed by atoms with Crippen LogP contribution in [0.5, 0.6) is 0 Å². The summed E-state index contributed by atoms with van der Waals surface area (Å²) in [7, 11) is -2.83. The fourth-order valence-electron chi connectivity index (χ4n) is 2.53. The molecule has 0 amide bonds. The van der Waals surface area contributed by atoms with Crippen molar-refractivity contribution in [1.29, 1.82) is 0 Å². The highest BCUT2D eigenvalue weighted by atomic mass is 32.1. The van der Waals surface area contributed by atoms with E-state index in [2.05, 4.69) is 68.3 Å². The minimum Gasteiger partial charge on any atom is -0.425 e. The molecule has 0 aliphatic rings. The number of thiol groups is 1. The standard InChI is InChI=1S/C13H23NOSSi2/c1-17(2,3)14(18(4,5)6)12-9-7-11(8-10-12)13(15)16/h7-10H,1-6H3,(H,15,16). The Bertz CT molecular complexity index is 418. The van der Waals surface area contributed by atoms with E-state index < -0.39 is 16.5 Å². The first-order valence-electron chi connectivity index (χ1n) is 6.17. The molecule has 5 heteroatoms. The van der Waals surface area contributed by atoms with Gasteiger partial charge in [0.15, 0.2) is 0 Å². The third-order valence-electron chi connectivity index (χ3n) is 2.71. The molecule has 18 heavy (non-hydrogen) atoms. The van der Waals surface area contributed by atoms with Gasteiger partial charge in [0.05, 0.1) is 0 Å². The van der Waals surface area contributed by atoms with Gasteiger partial charge in [-0.25, -0.2) is 0 Å². The molecule has 0 N–H and O–H groups in total. The summed E-state index contributed by atoms with van der Waals surface area (Å²) < 4.78 is 2.63. The van der Waals surface area contributed by atoms with E-state index in [0.29, 0.717) is 5.56 Å². The van der Waals surface area contributed by atoms with Crippen LogP contribution in [0.3, 0.4) is 0 Å². The molecule has 0 aliphatic carbocycles. The predicted molar refractivity (Wildman–Crippen MR) is 88.9 cm³/mol. The van der Waals surface area contributed by atoms with Crippen LogP contribution < -0.4 is 4.23 Å². The van der Waals surface area contributed by atoms with E-state index >= 15 is 0 Å². The summed E-state index contributed by atoms with van der Waals surface area (Å²) in [5.41, 5.74) is 1.90. The first kappa shape index (κ1) is 15.5. The Labute approximate surface area is 118 Å². The van der Waals surface area contributed by atoms with E-state index in [0.717, 1.165) is 0 Å². The van der Waals surface area contributed by atoms with Gasteiger partial charge in [0.2, 0.25) is 5.12 Å². The van der Waals surface area contributed by atoms with Gasteiger partial charge in [-0.05, 0) is 24.3 Å². The average Bonchev–Trinajstić information content (AvgIpc) is 2.13. The molecule has 0 aromatic heterocycles. The zero-order chi connectivity index (χ0) is 14.1. The molecule has 2 nitrogen and oxygen atoms in total. The van der Waals surface area contributed by atoms with E-state index in [1.54, 1.807) is 0 Å². The number of carbonyl (C=O) groups is 1. The van der Waals surface area contributed by atoms with E-state index in [-0.39, 0.29) is 5.12 Å². The average molecular weight is 298 g/mol. The van der Waals surface area contributed by atoms with Gasteiger partial charge < -0.3 is 4.23 Å². The van der Waals surface area contributed by atoms with Crippen molar-refractivity contribution in [2.75, 3.05) is 4.23 Å². The lowest BCUT2D eigenvalue weighted by Gasteiger charge is -2.46. The SMILES string of the molecule is C[Si](C)(C)N(c1ccc(C(=O)S)cc1)[Si](C)(C)C. The highest BCUT2D eigenvalue weighted by Crippen LogP contribution is 2.28. The van der Waals surface area contributed by atoms with Gasteiger partial charge in [-0.3, -0.25) is 4.79 Å². The number of anilines is 1. The van der Waals surface area contributed by atoms with Gasteiger partial charge in [0, 0.05) is 11.3 Å². The highest BCUT2D eigenvalue weighted by molar-refractivity contribution is 7.97. The summed E-state index contributed by atoms with van der Waals surface area (Å²) in [5, 5.41) is -0.172. The first-order valence-corrected chi connectivity index (χ1v) is 13.5. The minimum atomic E-state index is -1.42. The lowest BCUT2D eigenvalue weighted by molar-refractivity contribution is 0.109. The summed E-state index contributed by atoms with van der Waals surface area (Å²) in [5.74, 6) is 0. The lowest BCUT2D eigenvalue weighted by Crippen LogP contribution is -2.59. The molecule has 0 bridgehead atoms. The van der Waals surface area contributed by atoms with E-state index in [4.69, 9.17) is 0 Å². The summed E-state index contributed by atoms with van der Waals surface area (Å²) in [6, 6.07) is 7.86. The predicted octanol–water partition coefficient (Wildman–Crippen LogP) is 4.23. The largest absolute Gasteiger partial charge is 0.425 e. The molecule has 1 aromatic rings. The van der Waals surface area contributed by atoms with E-state index in [1.165, 1.54) is 5.69 Å². The van der Waals surface area contributed by atoms with Crippen LogP contribution in [0.1, 0.15) is 10.4 Å². The van der Waals surface area contributed by atoms with Crippen molar-refractivity contribution in [3.05, 3.63) is 29.8 Å². The van der Waals surface area contributed by atoms with Gasteiger partial charge in [0.1, 0.15) is 16.5 Å². The number of hydrogen-bond acceptors (Lipinski definition) is 2. The number of rotatable bonds is 4. The van der Waals surface area contributed by atoms with Crippen LogP contribution in [-0.4, -0.2) is 21.6 Å². The number of nitrogens with zero attached hydrogens (tertiary/aromatic N) is 1. The summed E-state index contributed by atoms with van der Waals surface area (Å²) in [4.78, 5) is 11.2. The summed E-state index contributed by atoms with van der Waals surface area (Å²) >= 11 is 3.85. The molecule has 0 atom stereocenters. The Balaban J connectivity index is 3.20. The quantitative estimate of drug-likeness (QED) is 0.663. The van der Waals surface area contributed by atoms with Crippen LogP contribution in [-0.2, 0) is 0 Å². The molecule has 0 unspecified atom stereocenters. The molecule has 0 saturated heterocycles. The van der Waals surface area contributed by atoms with Crippen LogP contribution in [0, 0.1) is 0 Å². The van der Waals surface area contributed by atoms with Crippen LogP contribution in [0.25, 0.3) is 0 Å². The summed E-state index contributed by atoms with van der Waals surface area (Å²) in [6.45, 7) is 14.2. The monoisotopic (exact) mass is 297 g/mol. The third-order valence-corrected chi connectivity index (χ3v) is 10.2. The number of benzene rings is 1. The van der Waals surface area contributed by atoms with E-state index in [1.807, 2.05) is 12.1 Å². The molecule has 1 aromatic carbocycles. The Hall–Kier alpha value is -0.526. The second-order valence-corrected chi connectivity index (χ2v) is 17.0. The van der Waals surface area contributed by atoms with Crippen molar-refractivity contribution in [2.24, 2.45) is 0 Å². The third kappa shape index (κ3) is 3.73. The zero-order valence-corrected chi connectivity index (χ0v) is 15.0. The Morgan fingerprint density at radius 1 is 0.944 bits per heavy atom. The molecule has 100 valence electrons. The lowest BCUT2D eigenvalue weighted by atomic mass is 10.2. The van der Waals surface area contributed by atoms with Gasteiger partial charge in [-0.1, -0.05) is 39.3 Å². The van der Waals surface area contributed by atoms with Crippen molar-refractivity contribution in [2.45, 2.75) is 39.3 Å². The van der Waals surface area contributed by atoms with Crippen LogP contribution in [0.2, 0.25) is 39.3 Å². The number of hydrogen-bond donors (Lipinski definition) is 1. The molecular formula is C13H23NOSSi2. The van der Waals surface area contributed by atoms with Gasteiger partial charge in [-0.15, -0.1) is 12.6 Å². The maximum atomic E-state index is 11.2. The number of carbonyl (C=O) groups excluding carboxylic acids is 1. The van der Waals surface area contributed by atoms with Gasteiger partial charge in [0.25, 0.3) is 0 Å². The molecule has 1 rings (SSSR count). The van der Waals surface area contributed by atoms with E-state index in [9.17, 15) is 4.79 Å². The topological polar surface area (TPSA) is 20.3 Å². The first-order chi connectivity index (χ1) is 8.03. The smallest absolute Gasteiger partial charge is 0.216 e. The van der Waals surface area contributed by atoms with Crippen LogP contribution in [0.4, 0.5) is 5.69 Å². The molecule has 0 spiro atoms. The molecule has 0 saturated carbocycles. The molecular weight excluding hydrogens is 274 g/mol. The highest BCUT2D eigenvalue weighted by Gasteiger charge is 2.34. The maximum Gasteiger partial charge on any atom is 0.216 e. The van der Waals surface area contributed by atoms with Crippen LogP contribution >= 0.6 is 12.6 Å². The Morgan fingerprint density at radius 3 is 1.61 bits per heavy atom. The molecule has 0 fully saturated rings. The molecule has 0 aliphatic heterocycles. The second kappa shape index (κ2) is 5.23.